The van der Waals surface area contributed by atoms with Crippen molar-refractivity contribution < 1.29 is 4.43 Å². The minimum atomic E-state index is -0.467. The van der Waals surface area contributed by atoms with E-state index in [0.29, 0.717) is 0 Å². The van der Waals surface area contributed by atoms with Crippen LogP contribution in [0.4, 0.5) is 0 Å². The summed E-state index contributed by atoms with van der Waals surface area (Å²) in [5.74, 6) is 0.971. The Balaban J connectivity index is 3.34. The van der Waals surface area contributed by atoms with Gasteiger partial charge in [-0.25, -0.2) is 0 Å². The molecule has 0 amide bonds. The average molecular weight is 300 g/mol. The summed E-state index contributed by atoms with van der Waals surface area (Å²) in [6.45, 7) is 10.1. The molecule has 1 radical (unpaired) electrons. The van der Waals surface area contributed by atoms with E-state index in [2.05, 4.69) is 26.9 Å². The Kier molecular flexibility index (Phi) is 15.7. The van der Waals surface area contributed by atoms with Gasteiger partial charge in [0.2, 0.25) is 9.04 Å². The highest BCUT2D eigenvalue weighted by atomic mass is 28.3. The first kappa shape index (κ1) is 20.2. The van der Waals surface area contributed by atoms with E-state index in [4.69, 9.17) is 4.43 Å². The highest BCUT2D eigenvalue weighted by Gasteiger charge is 2.06. The van der Waals surface area contributed by atoms with Crippen LogP contribution in [0.3, 0.4) is 0 Å². The molecular formula is C18H39OSi. The van der Waals surface area contributed by atoms with Crippen LogP contribution in [0.1, 0.15) is 90.9 Å². The molecule has 0 saturated heterocycles. The quantitative estimate of drug-likeness (QED) is 0.245. The summed E-state index contributed by atoms with van der Waals surface area (Å²) < 4.78 is 5.70. The van der Waals surface area contributed by atoms with Crippen LogP contribution >= 0.6 is 0 Å². The normalized spacial score (nSPS) is 13.1. The third-order valence-electron chi connectivity index (χ3n) is 4.19. The fourth-order valence-corrected chi connectivity index (χ4v) is 3.31. The molecule has 1 nitrogen and oxygen atoms in total. The molecule has 0 saturated carbocycles. The molecule has 0 aliphatic rings. The van der Waals surface area contributed by atoms with E-state index < -0.39 is 9.04 Å². The lowest BCUT2D eigenvalue weighted by atomic mass is 9.93. The van der Waals surface area contributed by atoms with Gasteiger partial charge < -0.3 is 4.43 Å². The van der Waals surface area contributed by atoms with Gasteiger partial charge in [0.25, 0.3) is 0 Å². The molecule has 0 aliphatic heterocycles. The van der Waals surface area contributed by atoms with Crippen LogP contribution in [0.5, 0.6) is 0 Å². The second-order valence-electron chi connectivity index (χ2n) is 6.44. The van der Waals surface area contributed by atoms with Gasteiger partial charge in [0.1, 0.15) is 0 Å². The first-order valence-corrected chi connectivity index (χ1v) is 11.5. The Hall–Kier alpha value is 0.177. The fourth-order valence-electron chi connectivity index (χ4n) is 2.75. The molecular weight excluding hydrogens is 260 g/mol. The van der Waals surface area contributed by atoms with E-state index in [9.17, 15) is 0 Å². The van der Waals surface area contributed by atoms with Crippen molar-refractivity contribution in [2.75, 3.05) is 6.61 Å². The predicted molar refractivity (Wildman–Crippen MR) is 93.7 cm³/mol. The molecule has 0 spiro atoms. The predicted octanol–water partition coefficient (Wildman–Crippen LogP) is 6.59. The molecule has 0 fully saturated rings. The van der Waals surface area contributed by atoms with Crippen molar-refractivity contribution in [3.63, 3.8) is 0 Å². The summed E-state index contributed by atoms with van der Waals surface area (Å²) >= 11 is 0. The van der Waals surface area contributed by atoms with Gasteiger partial charge in [0.05, 0.1) is 0 Å². The lowest BCUT2D eigenvalue weighted by Gasteiger charge is -2.15. The fraction of sp³-hybridized carbons (Fsp3) is 1.00. The summed E-state index contributed by atoms with van der Waals surface area (Å²) in [5.41, 5.74) is 0. The van der Waals surface area contributed by atoms with Crippen molar-refractivity contribution in [2.45, 2.75) is 104 Å². The number of hydrogen-bond donors (Lipinski definition) is 0. The molecule has 0 aromatic rings. The zero-order valence-corrected chi connectivity index (χ0v) is 15.7. The van der Waals surface area contributed by atoms with Crippen molar-refractivity contribution in [3.05, 3.63) is 0 Å². The zero-order chi connectivity index (χ0) is 15.1. The van der Waals surface area contributed by atoms with Gasteiger partial charge in [-0.15, -0.1) is 0 Å². The van der Waals surface area contributed by atoms with Crippen LogP contribution in [-0.4, -0.2) is 15.6 Å². The molecule has 1 atom stereocenters. The second kappa shape index (κ2) is 15.6. The van der Waals surface area contributed by atoms with E-state index in [0.717, 1.165) is 12.5 Å². The summed E-state index contributed by atoms with van der Waals surface area (Å²) in [7, 11) is -0.467. The minimum absolute atomic E-state index is 0.467. The van der Waals surface area contributed by atoms with Gasteiger partial charge in [-0.3, -0.25) is 0 Å². The Labute approximate surface area is 130 Å². The first-order valence-electron chi connectivity index (χ1n) is 9.13. The first-order chi connectivity index (χ1) is 9.70. The molecule has 0 aliphatic carbocycles. The standard InChI is InChI=1S/C18H39OSi/c1-5-7-8-9-10-11-12-15-18(6-2)16-13-14-17-19-20(3)4/h18H,5-17H2,1-4H3. The summed E-state index contributed by atoms with van der Waals surface area (Å²) in [6.07, 6.45) is 17.0. The van der Waals surface area contributed by atoms with E-state index >= 15 is 0 Å². The highest BCUT2D eigenvalue weighted by molar-refractivity contribution is 6.48. The van der Waals surface area contributed by atoms with Gasteiger partial charge in [-0.05, 0) is 25.4 Å². The highest BCUT2D eigenvalue weighted by Crippen LogP contribution is 2.20. The van der Waals surface area contributed by atoms with Gasteiger partial charge in [0, 0.05) is 6.61 Å². The number of hydrogen-bond acceptors (Lipinski definition) is 1. The lowest BCUT2D eigenvalue weighted by Crippen LogP contribution is -2.09. The maximum atomic E-state index is 5.70. The van der Waals surface area contributed by atoms with Crippen LogP contribution in [0.15, 0.2) is 0 Å². The zero-order valence-electron chi connectivity index (χ0n) is 14.7. The van der Waals surface area contributed by atoms with E-state index in [1.807, 2.05) is 0 Å². The maximum absolute atomic E-state index is 5.70. The van der Waals surface area contributed by atoms with Gasteiger partial charge in [0.15, 0.2) is 0 Å². The van der Waals surface area contributed by atoms with Crippen molar-refractivity contribution in [1.29, 1.82) is 0 Å². The van der Waals surface area contributed by atoms with Crippen molar-refractivity contribution >= 4 is 9.04 Å². The molecule has 0 rings (SSSR count). The van der Waals surface area contributed by atoms with Crippen molar-refractivity contribution in [3.8, 4) is 0 Å². The number of rotatable bonds is 15. The van der Waals surface area contributed by atoms with Gasteiger partial charge >= 0.3 is 0 Å². The van der Waals surface area contributed by atoms with E-state index in [1.54, 1.807) is 0 Å². The monoisotopic (exact) mass is 299 g/mol. The van der Waals surface area contributed by atoms with Crippen LogP contribution in [0.25, 0.3) is 0 Å². The summed E-state index contributed by atoms with van der Waals surface area (Å²) in [6, 6.07) is 0. The molecule has 0 bridgehead atoms. The minimum Gasteiger partial charge on any atom is -0.417 e. The average Bonchev–Trinajstić information content (AvgIpc) is 2.43. The van der Waals surface area contributed by atoms with E-state index in [-0.39, 0.29) is 0 Å². The van der Waals surface area contributed by atoms with Crippen LogP contribution in [0, 0.1) is 5.92 Å². The van der Waals surface area contributed by atoms with E-state index in [1.165, 1.54) is 77.0 Å². The Morgan fingerprint density at radius 1 is 0.750 bits per heavy atom. The van der Waals surface area contributed by atoms with Crippen LogP contribution < -0.4 is 0 Å². The third-order valence-corrected chi connectivity index (χ3v) is 4.97. The molecule has 121 valence electrons. The van der Waals surface area contributed by atoms with Crippen molar-refractivity contribution in [2.24, 2.45) is 5.92 Å². The van der Waals surface area contributed by atoms with Crippen molar-refractivity contribution in [1.82, 2.24) is 0 Å². The summed E-state index contributed by atoms with van der Waals surface area (Å²) in [5, 5.41) is 0. The Bertz CT molecular complexity index is 182. The smallest absolute Gasteiger partial charge is 0.204 e. The molecule has 0 heterocycles. The molecule has 2 heteroatoms. The topological polar surface area (TPSA) is 9.23 Å². The molecule has 20 heavy (non-hydrogen) atoms. The molecule has 0 aromatic heterocycles. The maximum Gasteiger partial charge on any atom is 0.204 e. The Morgan fingerprint density at radius 3 is 1.85 bits per heavy atom. The largest absolute Gasteiger partial charge is 0.417 e. The van der Waals surface area contributed by atoms with Gasteiger partial charge in [-0.1, -0.05) is 84.5 Å². The summed E-state index contributed by atoms with van der Waals surface area (Å²) in [4.78, 5) is 0. The Morgan fingerprint density at radius 2 is 1.30 bits per heavy atom. The molecule has 1 unspecified atom stereocenters. The SMILES string of the molecule is CCCCCCCCCC(CC)CCCCO[Si](C)C. The lowest BCUT2D eigenvalue weighted by molar-refractivity contribution is 0.301. The number of unbranched alkanes of at least 4 members (excludes halogenated alkanes) is 7. The molecule has 0 N–H and O–H groups in total. The molecule has 0 aromatic carbocycles. The van der Waals surface area contributed by atoms with Gasteiger partial charge in [-0.2, -0.15) is 0 Å². The third kappa shape index (κ3) is 14.6. The van der Waals surface area contributed by atoms with Crippen LogP contribution in [0.2, 0.25) is 13.1 Å². The van der Waals surface area contributed by atoms with Crippen LogP contribution in [-0.2, 0) is 4.43 Å². The second-order valence-corrected chi connectivity index (χ2v) is 8.54.